The number of hydrogen-bond acceptors (Lipinski definition) is 4. The Morgan fingerprint density at radius 2 is 1.95 bits per heavy atom. The minimum atomic E-state index is -3.47. The number of benzene rings is 1. The number of carbonyl (C=O) groups is 2. The monoisotopic (exact) mass is 377 g/mol. The van der Waals surface area contributed by atoms with E-state index in [1.165, 1.54) is 12.1 Å². The second kappa shape index (κ2) is 7.88. The normalized spacial score (nSPS) is 12.3. The van der Waals surface area contributed by atoms with Gasteiger partial charge in [-0.3, -0.25) is 0 Å². The summed E-state index contributed by atoms with van der Waals surface area (Å²) in [5.41, 5.74) is 5.01. The fraction of sp³-hybridized carbons (Fsp3) is 0.286. The van der Waals surface area contributed by atoms with Gasteiger partial charge in [-0.15, -0.1) is 0 Å². The molecule has 5 nitrogen and oxygen atoms in total. The van der Waals surface area contributed by atoms with Gasteiger partial charge in [0.2, 0.25) is 0 Å². The van der Waals surface area contributed by atoms with E-state index in [1.54, 1.807) is 12.1 Å². The lowest BCUT2D eigenvalue weighted by molar-refractivity contribution is -0.0815. The predicted octanol–water partition coefficient (Wildman–Crippen LogP) is 3.28. The zero-order chi connectivity index (χ0) is 16.8. The maximum atomic E-state index is 13.5. The lowest BCUT2D eigenvalue weighted by Gasteiger charge is -2.23. The number of ether oxygens (including phenoxy) is 2. The van der Waals surface area contributed by atoms with Crippen LogP contribution in [0.15, 0.2) is 41.4 Å². The number of halogens is 3. The van der Waals surface area contributed by atoms with Gasteiger partial charge in [0, 0.05) is 10.9 Å². The molecule has 1 aromatic rings. The van der Waals surface area contributed by atoms with Gasteiger partial charge in [0.15, 0.2) is 6.10 Å². The van der Waals surface area contributed by atoms with Crippen LogP contribution in [0.25, 0.3) is 0 Å². The average molecular weight is 378 g/mol. The van der Waals surface area contributed by atoms with Crippen molar-refractivity contribution in [3.8, 4) is 0 Å². The fourth-order valence-electron chi connectivity index (χ4n) is 1.53. The van der Waals surface area contributed by atoms with E-state index in [0.717, 1.165) is 4.47 Å². The number of amides is 1. The van der Waals surface area contributed by atoms with Gasteiger partial charge in [-0.1, -0.05) is 22.5 Å². The molecular formula is C14H14BrF2NO4. The van der Waals surface area contributed by atoms with Gasteiger partial charge in [-0.25, -0.2) is 9.59 Å². The quantitative estimate of drug-likeness (QED) is 0.584. The molecule has 0 aliphatic heterocycles. The van der Waals surface area contributed by atoms with Gasteiger partial charge in [-0.05, 0) is 30.3 Å². The Morgan fingerprint density at radius 3 is 2.45 bits per heavy atom. The molecule has 0 aliphatic rings. The fourth-order valence-corrected chi connectivity index (χ4v) is 1.79. The first-order chi connectivity index (χ1) is 10.3. The Hall–Kier alpha value is -1.96. The molecule has 0 heterocycles. The third-order valence-electron chi connectivity index (χ3n) is 2.65. The maximum absolute atomic E-state index is 13.5. The first-order valence-electron chi connectivity index (χ1n) is 6.16. The molecule has 2 N–H and O–H groups in total. The third kappa shape index (κ3) is 5.44. The van der Waals surface area contributed by atoms with E-state index >= 15 is 0 Å². The van der Waals surface area contributed by atoms with Crippen LogP contribution in [0.1, 0.15) is 16.8 Å². The number of rotatable bonds is 7. The van der Waals surface area contributed by atoms with Crippen LogP contribution < -0.4 is 5.73 Å². The molecule has 0 spiro atoms. The summed E-state index contributed by atoms with van der Waals surface area (Å²) in [6.07, 6.45) is -3.26. The maximum Gasteiger partial charge on any atom is 0.404 e. The molecular weight excluding hydrogens is 364 g/mol. The van der Waals surface area contributed by atoms with Gasteiger partial charge >= 0.3 is 18.0 Å². The van der Waals surface area contributed by atoms with E-state index in [2.05, 4.69) is 27.2 Å². The van der Waals surface area contributed by atoms with Crippen molar-refractivity contribution >= 4 is 28.0 Å². The molecule has 0 aliphatic carbocycles. The van der Waals surface area contributed by atoms with E-state index < -0.39 is 30.5 Å². The predicted molar refractivity (Wildman–Crippen MR) is 78.6 cm³/mol. The number of carbonyl (C=O) groups excluding carboxylic acids is 2. The summed E-state index contributed by atoms with van der Waals surface area (Å²) in [5.74, 6) is -4.15. The summed E-state index contributed by atoms with van der Waals surface area (Å²) in [7, 11) is 0. The van der Waals surface area contributed by atoms with Gasteiger partial charge < -0.3 is 15.2 Å². The highest BCUT2D eigenvalue weighted by atomic mass is 79.9. The van der Waals surface area contributed by atoms with E-state index in [-0.39, 0.29) is 12.2 Å². The third-order valence-corrected chi connectivity index (χ3v) is 3.18. The van der Waals surface area contributed by atoms with Crippen molar-refractivity contribution in [2.75, 3.05) is 6.61 Å². The second-order valence-electron chi connectivity index (χ2n) is 4.24. The van der Waals surface area contributed by atoms with Crippen molar-refractivity contribution in [1.82, 2.24) is 0 Å². The lowest BCUT2D eigenvalue weighted by Crippen LogP contribution is -2.38. The van der Waals surface area contributed by atoms with Gasteiger partial charge in [0.05, 0.1) is 12.2 Å². The Kier molecular flexibility index (Phi) is 6.48. The molecule has 1 rings (SSSR count). The van der Waals surface area contributed by atoms with Crippen molar-refractivity contribution in [1.29, 1.82) is 0 Å². The number of esters is 1. The Labute approximate surface area is 134 Å². The second-order valence-corrected chi connectivity index (χ2v) is 5.15. The highest BCUT2D eigenvalue weighted by Gasteiger charge is 2.39. The summed E-state index contributed by atoms with van der Waals surface area (Å²) in [6, 6.07) is 6.31. The van der Waals surface area contributed by atoms with E-state index in [9.17, 15) is 18.4 Å². The van der Waals surface area contributed by atoms with Crippen LogP contribution in [-0.2, 0) is 9.47 Å². The Balaban J connectivity index is 2.58. The van der Waals surface area contributed by atoms with E-state index in [0.29, 0.717) is 6.08 Å². The SMILES string of the molecule is C=CC(F)(F)[C@@H](CCOC(=O)c1ccc(Br)cc1)OC(N)=O. The lowest BCUT2D eigenvalue weighted by atomic mass is 10.1. The van der Waals surface area contributed by atoms with Crippen LogP contribution >= 0.6 is 15.9 Å². The Morgan fingerprint density at radius 1 is 1.36 bits per heavy atom. The molecule has 1 amide bonds. The number of alkyl halides is 2. The number of primary amides is 1. The molecule has 0 aromatic heterocycles. The van der Waals surface area contributed by atoms with Crippen molar-refractivity contribution in [3.05, 3.63) is 47.0 Å². The minimum absolute atomic E-state index is 0.269. The van der Waals surface area contributed by atoms with Crippen molar-refractivity contribution < 1.29 is 27.8 Å². The van der Waals surface area contributed by atoms with Crippen molar-refractivity contribution in [2.45, 2.75) is 18.4 Å². The first kappa shape index (κ1) is 18.1. The molecule has 8 heteroatoms. The van der Waals surface area contributed by atoms with E-state index in [4.69, 9.17) is 10.5 Å². The van der Waals surface area contributed by atoms with Crippen molar-refractivity contribution in [2.24, 2.45) is 5.73 Å². The van der Waals surface area contributed by atoms with Gasteiger partial charge in [0.25, 0.3) is 0 Å². The standard InChI is InChI=1S/C14H14BrF2NO4/c1-2-14(16,17)11(22-13(18)20)7-8-21-12(19)9-3-5-10(15)6-4-9/h2-6,11H,1,7-8H2,(H2,18,20)/t11-/m1/s1. The Bertz CT molecular complexity index is 548. The summed E-state index contributed by atoms with van der Waals surface area (Å²) in [5, 5.41) is 0. The number of hydrogen-bond donors (Lipinski definition) is 1. The molecule has 0 bridgehead atoms. The first-order valence-corrected chi connectivity index (χ1v) is 6.95. The van der Waals surface area contributed by atoms with Crippen LogP contribution in [-0.4, -0.2) is 30.7 Å². The molecule has 0 saturated carbocycles. The molecule has 0 saturated heterocycles. The topological polar surface area (TPSA) is 78.6 Å². The molecule has 1 atom stereocenters. The smallest absolute Gasteiger partial charge is 0.404 e. The molecule has 0 fully saturated rings. The summed E-state index contributed by atoms with van der Waals surface area (Å²) < 4.78 is 36.9. The average Bonchev–Trinajstić information content (AvgIpc) is 2.46. The minimum Gasteiger partial charge on any atom is -0.462 e. The van der Waals surface area contributed by atoms with Crippen LogP contribution in [0.3, 0.4) is 0 Å². The molecule has 0 radical (unpaired) electrons. The van der Waals surface area contributed by atoms with Gasteiger partial charge in [-0.2, -0.15) is 8.78 Å². The van der Waals surface area contributed by atoms with Crippen LogP contribution in [0, 0.1) is 0 Å². The highest BCUT2D eigenvalue weighted by Crippen LogP contribution is 2.25. The van der Waals surface area contributed by atoms with Crippen molar-refractivity contribution in [3.63, 3.8) is 0 Å². The summed E-state index contributed by atoms with van der Waals surface area (Å²) in [4.78, 5) is 22.3. The van der Waals surface area contributed by atoms with Crippen LogP contribution in [0.4, 0.5) is 13.6 Å². The zero-order valence-electron chi connectivity index (χ0n) is 11.4. The van der Waals surface area contributed by atoms with Crippen LogP contribution in [0.5, 0.6) is 0 Å². The molecule has 22 heavy (non-hydrogen) atoms. The highest BCUT2D eigenvalue weighted by molar-refractivity contribution is 9.10. The summed E-state index contributed by atoms with van der Waals surface area (Å²) >= 11 is 3.21. The molecule has 1 aromatic carbocycles. The summed E-state index contributed by atoms with van der Waals surface area (Å²) in [6.45, 7) is 2.60. The molecule has 0 unspecified atom stereocenters. The zero-order valence-corrected chi connectivity index (χ0v) is 13.0. The molecule has 120 valence electrons. The van der Waals surface area contributed by atoms with Gasteiger partial charge in [0.1, 0.15) is 0 Å². The van der Waals surface area contributed by atoms with E-state index in [1.807, 2.05) is 0 Å². The largest absolute Gasteiger partial charge is 0.462 e. The van der Waals surface area contributed by atoms with Crippen LogP contribution in [0.2, 0.25) is 0 Å². The number of nitrogens with two attached hydrogens (primary N) is 1.